The predicted octanol–water partition coefficient (Wildman–Crippen LogP) is 5.06. The topological polar surface area (TPSA) is 38.3 Å². The predicted molar refractivity (Wildman–Crippen MR) is 95.6 cm³/mol. The molecule has 3 rings (SSSR count). The molecular weight excluding hydrogens is 322 g/mol. The standard InChI is InChI=1S/C20H16ClNO2/c21-16-8-6-7-15(13-16)14-22-20(23)18-11-4-5-12-19(18)24-17-9-2-1-3-10-17/h1-13H,14H2,(H,22,23). The average Bonchev–Trinajstić information content (AvgIpc) is 2.61. The third kappa shape index (κ3) is 4.15. The highest BCUT2D eigenvalue weighted by molar-refractivity contribution is 6.30. The van der Waals surface area contributed by atoms with Crippen molar-refractivity contribution in [3.05, 3.63) is 95.0 Å². The maximum Gasteiger partial charge on any atom is 0.255 e. The summed E-state index contributed by atoms with van der Waals surface area (Å²) in [5, 5.41) is 3.54. The Kier molecular flexibility index (Phi) is 5.14. The van der Waals surface area contributed by atoms with Crippen molar-refractivity contribution < 1.29 is 9.53 Å². The zero-order valence-corrected chi connectivity index (χ0v) is 13.7. The molecule has 4 heteroatoms. The Bertz CT molecular complexity index is 834. The SMILES string of the molecule is O=C(NCc1cccc(Cl)c1)c1ccccc1Oc1ccccc1. The second-order valence-electron chi connectivity index (χ2n) is 5.22. The number of hydrogen-bond acceptors (Lipinski definition) is 2. The zero-order chi connectivity index (χ0) is 16.8. The monoisotopic (exact) mass is 337 g/mol. The van der Waals surface area contributed by atoms with Crippen molar-refractivity contribution >= 4 is 17.5 Å². The number of carbonyl (C=O) groups is 1. The molecule has 0 saturated carbocycles. The molecule has 0 atom stereocenters. The van der Waals surface area contributed by atoms with Crippen molar-refractivity contribution in [2.75, 3.05) is 0 Å². The molecule has 3 aromatic rings. The molecule has 120 valence electrons. The largest absolute Gasteiger partial charge is 0.457 e. The third-order valence-electron chi connectivity index (χ3n) is 3.44. The first kappa shape index (κ1) is 16.1. The summed E-state index contributed by atoms with van der Waals surface area (Å²) in [6, 6.07) is 24.0. The van der Waals surface area contributed by atoms with Gasteiger partial charge in [0.05, 0.1) is 5.56 Å². The van der Waals surface area contributed by atoms with E-state index in [4.69, 9.17) is 16.3 Å². The van der Waals surface area contributed by atoms with Gasteiger partial charge in [0.15, 0.2) is 0 Å². The third-order valence-corrected chi connectivity index (χ3v) is 3.68. The molecule has 0 aliphatic heterocycles. The van der Waals surface area contributed by atoms with Crippen LogP contribution in [0.4, 0.5) is 0 Å². The highest BCUT2D eigenvalue weighted by Crippen LogP contribution is 2.25. The van der Waals surface area contributed by atoms with E-state index >= 15 is 0 Å². The van der Waals surface area contributed by atoms with Gasteiger partial charge in [0, 0.05) is 11.6 Å². The van der Waals surface area contributed by atoms with Crippen molar-refractivity contribution in [1.29, 1.82) is 0 Å². The smallest absolute Gasteiger partial charge is 0.255 e. The van der Waals surface area contributed by atoms with Gasteiger partial charge in [-0.3, -0.25) is 4.79 Å². The molecule has 0 bridgehead atoms. The molecule has 0 radical (unpaired) electrons. The first-order chi connectivity index (χ1) is 11.7. The Morgan fingerprint density at radius 3 is 2.46 bits per heavy atom. The second-order valence-corrected chi connectivity index (χ2v) is 5.66. The first-order valence-corrected chi connectivity index (χ1v) is 7.95. The number of benzene rings is 3. The molecule has 3 aromatic carbocycles. The van der Waals surface area contributed by atoms with Gasteiger partial charge >= 0.3 is 0 Å². The minimum absolute atomic E-state index is 0.193. The van der Waals surface area contributed by atoms with Crippen LogP contribution < -0.4 is 10.1 Å². The Hall–Kier alpha value is -2.78. The lowest BCUT2D eigenvalue weighted by atomic mass is 10.1. The summed E-state index contributed by atoms with van der Waals surface area (Å²) >= 11 is 5.96. The number of halogens is 1. The number of hydrogen-bond donors (Lipinski definition) is 1. The van der Waals surface area contributed by atoms with E-state index in [0.717, 1.165) is 5.56 Å². The molecule has 0 fully saturated rings. The summed E-state index contributed by atoms with van der Waals surface area (Å²) in [5.41, 5.74) is 1.43. The highest BCUT2D eigenvalue weighted by Gasteiger charge is 2.12. The molecule has 3 nitrogen and oxygen atoms in total. The van der Waals surface area contributed by atoms with Crippen molar-refractivity contribution in [2.45, 2.75) is 6.54 Å². The minimum Gasteiger partial charge on any atom is -0.457 e. The number of ether oxygens (including phenoxy) is 1. The van der Waals surface area contributed by atoms with Gasteiger partial charge in [-0.1, -0.05) is 54.1 Å². The number of carbonyl (C=O) groups excluding carboxylic acids is 1. The molecular formula is C20H16ClNO2. The fourth-order valence-corrected chi connectivity index (χ4v) is 2.50. The lowest BCUT2D eigenvalue weighted by Crippen LogP contribution is -2.23. The van der Waals surface area contributed by atoms with Crippen LogP contribution in [0, 0.1) is 0 Å². The molecule has 0 spiro atoms. The van der Waals surface area contributed by atoms with E-state index in [1.165, 1.54) is 0 Å². The van der Waals surface area contributed by atoms with Gasteiger partial charge in [0.2, 0.25) is 0 Å². The Morgan fingerprint density at radius 1 is 0.917 bits per heavy atom. The van der Waals surface area contributed by atoms with Gasteiger partial charge in [0.25, 0.3) is 5.91 Å². The van der Waals surface area contributed by atoms with Crippen LogP contribution in [0.3, 0.4) is 0 Å². The van der Waals surface area contributed by atoms with E-state index in [2.05, 4.69) is 5.32 Å². The molecule has 0 aliphatic rings. The fraction of sp³-hybridized carbons (Fsp3) is 0.0500. The van der Waals surface area contributed by atoms with E-state index in [1.54, 1.807) is 18.2 Å². The Labute approximate surface area is 145 Å². The van der Waals surface area contributed by atoms with Crippen LogP contribution >= 0.6 is 11.6 Å². The van der Waals surface area contributed by atoms with Crippen LogP contribution in [0.2, 0.25) is 5.02 Å². The molecule has 0 saturated heterocycles. The minimum atomic E-state index is -0.193. The number of rotatable bonds is 5. The maximum atomic E-state index is 12.5. The zero-order valence-electron chi connectivity index (χ0n) is 12.9. The fourth-order valence-electron chi connectivity index (χ4n) is 2.28. The maximum absolute atomic E-state index is 12.5. The van der Waals surface area contributed by atoms with Gasteiger partial charge < -0.3 is 10.1 Å². The lowest BCUT2D eigenvalue weighted by Gasteiger charge is -2.11. The van der Waals surface area contributed by atoms with Gasteiger partial charge in [-0.05, 0) is 42.0 Å². The molecule has 0 aliphatic carbocycles. The summed E-state index contributed by atoms with van der Waals surface area (Å²) in [7, 11) is 0. The summed E-state index contributed by atoms with van der Waals surface area (Å²) in [6.07, 6.45) is 0. The van der Waals surface area contributed by atoms with Gasteiger partial charge in [0.1, 0.15) is 11.5 Å². The van der Waals surface area contributed by atoms with Gasteiger partial charge in [-0.15, -0.1) is 0 Å². The molecule has 0 aromatic heterocycles. The van der Waals surface area contributed by atoms with Gasteiger partial charge in [-0.25, -0.2) is 0 Å². The molecule has 0 heterocycles. The summed E-state index contributed by atoms with van der Waals surface area (Å²) in [4.78, 5) is 12.5. The van der Waals surface area contributed by atoms with Crippen LogP contribution in [0.5, 0.6) is 11.5 Å². The Balaban J connectivity index is 1.73. The van der Waals surface area contributed by atoms with Crippen molar-refractivity contribution in [1.82, 2.24) is 5.32 Å². The lowest BCUT2D eigenvalue weighted by molar-refractivity contribution is 0.0948. The van der Waals surface area contributed by atoms with Crippen molar-refractivity contribution in [2.24, 2.45) is 0 Å². The highest BCUT2D eigenvalue weighted by atomic mass is 35.5. The summed E-state index contributed by atoms with van der Waals surface area (Å²) < 4.78 is 5.82. The first-order valence-electron chi connectivity index (χ1n) is 7.57. The Morgan fingerprint density at radius 2 is 1.67 bits per heavy atom. The van der Waals surface area contributed by atoms with Crippen molar-refractivity contribution in [3.63, 3.8) is 0 Å². The molecule has 0 unspecified atom stereocenters. The van der Waals surface area contributed by atoms with Crippen LogP contribution in [0.25, 0.3) is 0 Å². The van der Waals surface area contributed by atoms with Crippen LogP contribution in [-0.4, -0.2) is 5.91 Å². The number of amides is 1. The average molecular weight is 338 g/mol. The van der Waals surface area contributed by atoms with E-state index in [-0.39, 0.29) is 5.91 Å². The summed E-state index contributed by atoms with van der Waals surface area (Å²) in [5.74, 6) is 1.02. The number of para-hydroxylation sites is 2. The number of nitrogens with one attached hydrogen (secondary N) is 1. The van der Waals surface area contributed by atoms with Crippen LogP contribution in [-0.2, 0) is 6.54 Å². The van der Waals surface area contributed by atoms with Crippen LogP contribution in [0.15, 0.2) is 78.9 Å². The summed E-state index contributed by atoms with van der Waals surface area (Å²) in [6.45, 7) is 0.402. The van der Waals surface area contributed by atoms with E-state index in [1.807, 2.05) is 60.7 Å². The molecule has 1 amide bonds. The molecule has 1 N–H and O–H groups in total. The van der Waals surface area contributed by atoms with E-state index in [9.17, 15) is 4.79 Å². The quantitative estimate of drug-likeness (QED) is 0.706. The normalized spacial score (nSPS) is 10.2. The second kappa shape index (κ2) is 7.66. The van der Waals surface area contributed by atoms with Crippen LogP contribution in [0.1, 0.15) is 15.9 Å². The van der Waals surface area contributed by atoms with Gasteiger partial charge in [-0.2, -0.15) is 0 Å². The van der Waals surface area contributed by atoms with E-state index in [0.29, 0.717) is 28.6 Å². The van der Waals surface area contributed by atoms with E-state index < -0.39 is 0 Å². The van der Waals surface area contributed by atoms with Crippen molar-refractivity contribution in [3.8, 4) is 11.5 Å². The molecule has 24 heavy (non-hydrogen) atoms.